The third kappa shape index (κ3) is 4.53. The Morgan fingerprint density at radius 1 is 1.14 bits per heavy atom. The lowest BCUT2D eigenvalue weighted by Crippen LogP contribution is -2.13. The Labute approximate surface area is 126 Å². The normalized spacial score (nSPS) is 10.6. The molecule has 0 radical (unpaired) electrons. The van der Waals surface area contributed by atoms with Crippen LogP contribution in [0.2, 0.25) is 0 Å². The van der Waals surface area contributed by atoms with Gasteiger partial charge >= 0.3 is 0 Å². The molecule has 0 aliphatic heterocycles. The molecule has 0 unspecified atom stereocenters. The zero-order valence-electron chi connectivity index (χ0n) is 12.9. The number of ether oxygens (including phenoxy) is 2. The standard InChI is InChI=1S/C17H23NO3/c1-4-9-18-11-14-10-17(21-13(14)2)12-20-16-7-5-15(19-3)6-8-16/h5-8,10,18H,4,9,11-12H2,1-3H3. The number of aryl methyl sites for hydroxylation is 1. The third-order valence-corrected chi connectivity index (χ3v) is 3.25. The van der Waals surface area contributed by atoms with Crippen LogP contribution in [-0.4, -0.2) is 13.7 Å². The van der Waals surface area contributed by atoms with Gasteiger partial charge in [0.1, 0.15) is 29.6 Å². The Bertz CT molecular complexity index is 546. The van der Waals surface area contributed by atoms with E-state index in [1.165, 1.54) is 5.56 Å². The second kappa shape index (κ2) is 7.74. The van der Waals surface area contributed by atoms with Gasteiger partial charge in [0, 0.05) is 12.1 Å². The first-order chi connectivity index (χ1) is 10.2. The van der Waals surface area contributed by atoms with E-state index in [9.17, 15) is 0 Å². The molecule has 1 heterocycles. The molecule has 0 spiro atoms. The summed E-state index contributed by atoms with van der Waals surface area (Å²) < 4.78 is 16.6. The first-order valence-corrected chi connectivity index (χ1v) is 7.28. The predicted octanol–water partition coefficient (Wildman–Crippen LogP) is 3.68. The second-order valence-corrected chi connectivity index (χ2v) is 4.94. The molecule has 0 aliphatic rings. The topological polar surface area (TPSA) is 43.6 Å². The molecule has 4 heteroatoms. The van der Waals surface area contributed by atoms with E-state index < -0.39 is 0 Å². The molecule has 0 bridgehead atoms. The van der Waals surface area contributed by atoms with Gasteiger partial charge in [-0.15, -0.1) is 0 Å². The highest BCUT2D eigenvalue weighted by Crippen LogP contribution is 2.20. The molecule has 0 aliphatic carbocycles. The number of rotatable bonds is 8. The van der Waals surface area contributed by atoms with Crippen molar-refractivity contribution < 1.29 is 13.9 Å². The summed E-state index contributed by atoms with van der Waals surface area (Å²) in [7, 11) is 1.65. The van der Waals surface area contributed by atoms with E-state index in [-0.39, 0.29) is 0 Å². The van der Waals surface area contributed by atoms with E-state index in [1.807, 2.05) is 31.2 Å². The number of nitrogens with one attached hydrogen (secondary N) is 1. The molecule has 0 atom stereocenters. The maximum absolute atomic E-state index is 5.72. The highest BCUT2D eigenvalue weighted by atomic mass is 16.5. The molecular weight excluding hydrogens is 266 g/mol. The van der Waals surface area contributed by atoms with Crippen LogP contribution in [0, 0.1) is 6.92 Å². The molecule has 2 rings (SSSR count). The number of hydrogen-bond acceptors (Lipinski definition) is 4. The molecule has 0 fully saturated rings. The van der Waals surface area contributed by atoms with Gasteiger partial charge in [-0.2, -0.15) is 0 Å². The molecule has 0 amide bonds. The minimum atomic E-state index is 0.431. The average Bonchev–Trinajstić information content (AvgIpc) is 2.86. The lowest BCUT2D eigenvalue weighted by atomic mass is 10.2. The van der Waals surface area contributed by atoms with Gasteiger partial charge < -0.3 is 19.2 Å². The lowest BCUT2D eigenvalue weighted by Gasteiger charge is -2.05. The fraction of sp³-hybridized carbons (Fsp3) is 0.412. The van der Waals surface area contributed by atoms with Gasteiger partial charge in [-0.05, 0) is 50.2 Å². The first-order valence-electron chi connectivity index (χ1n) is 7.28. The van der Waals surface area contributed by atoms with Crippen molar-refractivity contribution in [1.29, 1.82) is 0 Å². The molecule has 0 saturated heterocycles. The zero-order valence-corrected chi connectivity index (χ0v) is 12.9. The number of methoxy groups -OCH3 is 1. The minimum Gasteiger partial charge on any atom is -0.497 e. The lowest BCUT2D eigenvalue weighted by molar-refractivity contribution is 0.267. The number of hydrogen-bond donors (Lipinski definition) is 1. The minimum absolute atomic E-state index is 0.431. The largest absolute Gasteiger partial charge is 0.497 e. The zero-order chi connectivity index (χ0) is 15.1. The van der Waals surface area contributed by atoms with Crippen molar-refractivity contribution >= 4 is 0 Å². The van der Waals surface area contributed by atoms with Gasteiger partial charge in [0.2, 0.25) is 0 Å². The molecule has 1 N–H and O–H groups in total. The van der Waals surface area contributed by atoms with Crippen molar-refractivity contribution in [3.05, 3.63) is 47.4 Å². The highest BCUT2D eigenvalue weighted by molar-refractivity contribution is 5.31. The van der Waals surface area contributed by atoms with Gasteiger partial charge in [-0.1, -0.05) is 6.92 Å². The summed E-state index contributed by atoms with van der Waals surface area (Å²) in [5, 5.41) is 3.38. The van der Waals surface area contributed by atoms with Crippen molar-refractivity contribution in [2.75, 3.05) is 13.7 Å². The first kappa shape index (κ1) is 15.4. The molecule has 21 heavy (non-hydrogen) atoms. The smallest absolute Gasteiger partial charge is 0.146 e. The van der Waals surface area contributed by atoms with Crippen LogP contribution >= 0.6 is 0 Å². The summed E-state index contributed by atoms with van der Waals surface area (Å²) in [6.07, 6.45) is 1.13. The quantitative estimate of drug-likeness (QED) is 0.753. The fourth-order valence-corrected chi connectivity index (χ4v) is 2.06. The van der Waals surface area contributed by atoms with Crippen molar-refractivity contribution in [2.24, 2.45) is 0 Å². The van der Waals surface area contributed by atoms with Crippen LogP contribution < -0.4 is 14.8 Å². The Hall–Kier alpha value is -1.94. The average molecular weight is 289 g/mol. The second-order valence-electron chi connectivity index (χ2n) is 4.94. The van der Waals surface area contributed by atoms with E-state index in [1.54, 1.807) is 7.11 Å². The summed E-state index contributed by atoms with van der Waals surface area (Å²) >= 11 is 0. The van der Waals surface area contributed by atoms with Gasteiger partial charge in [0.25, 0.3) is 0 Å². The molecule has 114 valence electrons. The van der Waals surface area contributed by atoms with E-state index in [0.717, 1.165) is 42.5 Å². The molecule has 4 nitrogen and oxygen atoms in total. The van der Waals surface area contributed by atoms with Crippen LogP contribution in [0.5, 0.6) is 11.5 Å². The Balaban J connectivity index is 1.89. The van der Waals surface area contributed by atoms with Crippen LogP contribution in [0.15, 0.2) is 34.7 Å². The molecule has 1 aromatic heterocycles. The molecule has 2 aromatic rings. The van der Waals surface area contributed by atoms with Gasteiger partial charge in [-0.3, -0.25) is 0 Å². The maximum atomic E-state index is 5.72. The summed E-state index contributed by atoms with van der Waals surface area (Å²) in [4.78, 5) is 0. The summed E-state index contributed by atoms with van der Waals surface area (Å²) in [5.41, 5.74) is 1.19. The highest BCUT2D eigenvalue weighted by Gasteiger charge is 2.07. The van der Waals surface area contributed by atoms with Gasteiger partial charge in [0.05, 0.1) is 7.11 Å². The number of furan rings is 1. The molecular formula is C17H23NO3. The Morgan fingerprint density at radius 2 is 1.86 bits per heavy atom. The summed E-state index contributed by atoms with van der Waals surface area (Å²) in [5.74, 6) is 3.42. The number of benzene rings is 1. The van der Waals surface area contributed by atoms with Crippen molar-refractivity contribution in [1.82, 2.24) is 5.32 Å². The van der Waals surface area contributed by atoms with Gasteiger partial charge in [-0.25, -0.2) is 0 Å². The Morgan fingerprint density at radius 3 is 2.52 bits per heavy atom. The van der Waals surface area contributed by atoms with E-state index in [2.05, 4.69) is 18.3 Å². The van der Waals surface area contributed by atoms with Crippen LogP contribution in [0.3, 0.4) is 0 Å². The van der Waals surface area contributed by atoms with Crippen LogP contribution in [0.25, 0.3) is 0 Å². The van der Waals surface area contributed by atoms with Crippen LogP contribution in [0.1, 0.15) is 30.4 Å². The summed E-state index contributed by atoms with van der Waals surface area (Å²) in [6.45, 7) is 6.43. The fourth-order valence-electron chi connectivity index (χ4n) is 2.06. The van der Waals surface area contributed by atoms with E-state index >= 15 is 0 Å². The molecule has 1 aromatic carbocycles. The monoisotopic (exact) mass is 289 g/mol. The van der Waals surface area contributed by atoms with Crippen molar-refractivity contribution in [3.8, 4) is 11.5 Å². The van der Waals surface area contributed by atoms with Crippen molar-refractivity contribution in [3.63, 3.8) is 0 Å². The van der Waals surface area contributed by atoms with E-state index in [4.69, 9.17) is 13.9 Å². The maximum Gasteiger partial charge on any atom is 0.146 e. The van der Waals surface area contributed by atoms with Crippen LogP contribution in [0.4, 0.5) is 0 Å². The Kier molecular flexibility index (Phi) is 5.69. The predicted molar refractivity (Wildman–Crippen MR) is 82.8 cm³/mol. The van der Waals surface area contributed by atoms with E-state index in [0.29, 0.717) is 6.61 Å². The molecule has 0 saturated carbocycles. The summed E-state index contributed by atoms with van der Waals surface area (Å²) in [6, 6.07) is 9.59. The van der Waals surface area contributed by atoms with Gasteiger partial charge in [0.15, 0.2) is 0 Å². The van der Waals surface area contributed by atoms with Crippen molar-refractivity contribution in [2.45, 2.75) is 33.4 Å². The van der Waals surface area contributed by atoms with Crippen LogP contribution in [-0.2, 0) is 13.2 Å². The SMILES string of the molecule is CCCNCc1cc(COc2ccc(OC)cc2)oc1C. The third-order valence-electron chi connectivity index (χ3n) is 3.25.